The van der Waals surface area contributed by atoms with Crippen molar-refractivity contribution < 1.29 is 19.5 Å². The van der Waals surface area contributed by atoms with Gasteiger partial charge in [-0.3, -0.25) is 9.59 Å². The van der Waals surface area contributed by atoms with E-state index in [1.807, 2.05) is 31.2 Å². The second-order valence-corrected chi connectivity index (χ2v) is 6.94. The van der Waals surface area contributed by atoms with Gasteiger partial charge in [0.05, 0.1) is 0 Å². The zero-order valence-electron chi connectivity index (χ0n) is 13.7. The Labute approximate surface area is 149 Å². The van der Waals surface area contributed by atoms with Gasteiger partial charge in [-0.2, -0.15) is 0 Å². The highest BCUT2D eigenvalue weighted by atomic mass is 79.9. The number of carbonyl (C=O) groups is 3. The predicted octanol–water partition coefficient (Wildman–Crippen LogP) is 2.42. The van der Waals surface area contributed by atoms with Crippen molar-refractivity contribution in [1.29, 1.82) is 0 Å². The van der Waals surface area contributed by atoms with Crippen LogP contribution in [0.3, 0.4) is 0 Å². The highest BCUT2D eigenvalue weighted by molar-refractivity contribution is 9.10. The number of halogens is 1. The lowest BCUT2D eigenvalue weighted by Crippen LogP contribution is -2.48. The summed E-state index contributed by atoms with van der Waals surface area (Å²) in [5.41, 5.74) is 0.724. The van der Waals surface area contributed by atoms with Crippen LogP contribution in [0.1, 0.15) is 26.7 Å². The normalized spacial score (nSPS) is 19.9. The van der Waals surface area contributed by atoms with Gasteiger partial charge in [-0.05, 0) is 30.5 Å². The van der Waals surface area contributed by atoms with Gasteiger partial charge in [0.1, 0.15) is 12.0 Å². The number of rotatable bonds is 6. The van der Waals surface area contributed by atoms with Crippen molar-refractivity contribution in [2.24, 2.45) is 11.8 Å². The first-order valence-electron chi connectivity index (χ1n) is 7.95. The average molecular weight is 397 g/mol. The summed E-state index contributed by atoms with van der Waals surface area (Å²) in [6.07, 6.45) is 1.00. The first-order valence-corrected chi connectivity index (χ1v) is 8.74. The molecule has 1 aliphatic heterocycles. The molecule has 24 heavy (non-hydrogen) atoms. The summed E-state index contributed by atoms with van der Waals surface area (Å²) in [6, 6.07) is 6.33. The maximum absolute atomic E-state index is 12.6. The number of carboxylic acid groups (broad SMARTS) is 1. The van der Waals surface area contributed by atoms with E-state index in [0.29, 0.717) is 19.4 Å². The van der Waals surface area contributed by atoms with Gasteiger partial charge in [0.15, 0.2) is 0 Å². The molecule has 1 unspecified atom stereocenters. The molecule has 0 aromatic heterocycles. The summed E-state index contributed by atoms with van der Waals surface area (Å²) >= 11 is 3.36. The SMILES string of the molecule is CC[C@H](C)[C@H](NC(=O)C1CCN(c2cccc(Br)c2)C1=O)C(=O)O. The molecule has 3 atom stereocenters. The zero-order valence-corrected chi connectivity index (χ0v) is 15.2. The van der Waals surface area contributed by atoms with Crippen LogP contribution in [0.4, 0.5) is 5.69 Å². The van der Waals surface area contributed by atoms with Gasteiger partial charge in [-0.1, -0.05) is 42.3 Å². The van der Waals surface area contributed by atoms with Crippen molar-refractivity contribution >= 4 is 39.4 Å². The van der Waals surface area contributed by atoms with Crippen LogP contribution >= 0.6 is 15.9 Å². The molecule has 0 radical (unpaired) electrons. The van der Waals surface area contributed by atoms with Gasteiger partial charge in [0.2, 0.25) is 11.8 Å². The van der Waals surface area contributed by atoms with Crippen molar-refractivity contribution in [2.75, 3.05) is 11.4 Å². The van der Waals surface area contributed by atoms with Crippen LogP contribution in [0, 0.1) is 11.8 Å². The molecule has 2 N–H and O–H groups in total. The fourth-order valence-electron chi connectivity index (χ4n) is 2.76. The molecule has 6 nitrogen and oxygen atoms in total. The molecule has 2 amide bonds. The third-order valence-corrected chi connectivity index (χ3v) is 4.91. The van der Waals surface area contributed by atoms with Gasteiger partial charge in [0, 0.05) is 16.7 Å². The fraction of sp³-hybridized carbons (Fsp3) is 0.471. The lowest BCUT2D eigenvalue weighted by Gasteiger charge is -2.22. The van der Waals surface area contributed by atoms with Crippen molar-refractivity contribution in [3.8, 4) is 0 Å². The van der Waals surface area contributed by atoms with Gasteiger partial charge in [-0.15, -0.1) is 0 Å². The Balaban J connectivity index is 2.09. The molecule has 1 aromatic rings. The number of carboxylic acids is 1. The quantitative estimate of drug-likeness (QED) is 0.722. The molecule has 7 heteroatoms. The lowest BCUT2D eigenvalue weighted by atomic mass is 9.98. The minimum atomic E-state index is -1.08. The number of carbonyl (C=O) groups excluding carboxylic acids is 2. The van der Waals surface area contributed by atoms with Crippen LogP contribution < -0.4 is 10.2 Å². The third-order valence-electron chi connectivity index (χ3n) is 4.42. The van der Waals surface area contributed by atoms with Crippen LogP contribution in [-0.4, -0.2) is 35.5 Å². The average Bonchev–Trinajstić information content (AvgIpc) is 2.93. The molecule has 0 spiro atoms. The van der Waals surface area contributed by atoms with Gasteiger partial charge in [-0.25, -0.2) is 4.79 Å². The Kier molecular flexibility index (Phi) is 5.99. The molecule has 1 aromatic carbocycles. The highest BCUT2D eigenvalue weighted by Gasteiger charge is 2.39. The largest absolute Gasteiger partial charge is 0.480 e. The van der Waals surface area contributed by atoms with E-state index in [1.165, 1.54) is 0 Å². The minimum absolute atomic E-state index is 0.205. The number of hydrogen-bond donors (Lipinski definition) is 2. The first-order chi connectivity index (χ1) is 11.3. The fourth-order valence-corrected chi connectivity index (χ4v) is 3.15. The number of anilines is 1. The number of hydrogen-bond acceptors (Lipinski definition) is 3. The van der Waals surface area contributed by atoms with Crippen LogP contribution in [-0.2, 0) is 14.4 Å². The highest BCUT2D eigenvalue weighted by Crippen LogP contribution is 2.27. The van der Waals surface area contributed by atoms with Crippen molar-refractivity contribution in [2.45, 2.75) is 32.7 Å². The van der Waals surface area contributed by atoms with E-state index in [4.69, 9.17) is 0 Å². The van der Waals surface area contributed by atoms with E-state index >= 15 is 0 Å². The Hall–Kier alpha value is -1.89. The van der Waals surface area contributed by atoms with Crippen molar-refractivity contribution in [3.63, 3.8) is 0 Å². The summed E-state index contributed by atoms with van der Waals surface area (Å²) in [5, 5.41) is 11.8. The standard InChI is InChI=1S/C17H21BrN2O4/c1-3-10(2)14(17(23)24)19-15(21)13-7-8-20(16(13)22)12-6-4-5-11(18)9-12/h4-6,9-10,13-14H,3,7-8H2,1-2H3,(H,19,21)(H,23,24)/t10-,13?,14-/m0/s1. The molecule has 1 aliphatic rings. The monoisotopic (exact) mass is 396 g/mol. The van der Waals surface area contributed by atoms with Crippen molar-refractivity contribution in [1.82, 2.24) is 5.32 Å². The van der Waals surface area contributed by atoms with E-state index in [-0.39, 0.29) is 11.8 Å². The molecule has 2 rings (SSSR count). The molecular weight excluding hydrogens is 376 g/mol. The molecule has 1 fully saturated rings. The summed E-state index contributed by atoms with van der Waals surface area (Å²) in [5.74, 6) is -2.92. The van der Waals surface area contributed by atoms with Crippen molar-refractivity contribution in [3.05, 3.63) is 28.7 Å². The van der Waals surface area contributed by atoms with Crippen LogP contribution in [0.15, 0.2) is 28.7 Å². The Bertz CT molecular complexity index is 649. The number of benzene rings is 1. The molecule has 0 bridgehead atoms. The molecule has 0 aliphatic carbocycles. The van der Waals surface area contributed by atoms with E-state index in [0.717, 1.165) is 10.2 Å². The van der Waals surface area contributed by atoms with Gasteiger partial charge in [0.25, 0.3) is 0 Å². The van der Waals surface area contributed by atoms with Crippen LogP contribution in [0.25, 0.3) is 0 Å². The maximum Gasteiger partial charge on any atom is 0.326 e. The number of aliphatic carboxylic acids is 1. The second-order valence-electron chi connectivity index (χ2n) is 6.02. The van der Waals surface area contributed by atoms with E-state index in [1.54, 1.807) is 11.8 Å². The Morgan fingerprint density at radius 1 is 1.46 bits per heavy atom. The lowest BCUT2D eigenvalue weighted by molar-refractivity contribution is -0.145. The van der Waals surface area contributed by atoms with E-state index in [2.05, 4.69) is 21.2 Å². The first kappa shape index (κ1) is 18.4. The van der Waals surface area contributed by atoms with Gasteiger partial charge < -0.3 is 15.3 Å². The van der Waals surface area contributed by atoms with Crippen LogP contribution in [0.5, 0.6) is 0 Å². The second kappa shape index (κ2) is 7.79. The Morgan fingerprint density at radius 3 is 2.75 bits per heavy atom. The summed E-state index contributed by atoms with van der Waals surface area (Å²) in [7, 11) is 0. The number of nitrogens with one attached hydrogen (secondary N) is 1. The summed E-state index contributed by atoms with van der Waals surface area (Å²) < 4.78 is 0.850. The van der Waals surface area contributed by atoms with Gasteiger partial charge >= 0.3 is 5.97 Å². The number of nitrogens with zero attached hydrogens (tertiary/aromatic N) is 1. The molecule has 1 saturated heterocycles. The number of amides is 2. The van der Waals surface area contributed by atoms with E-state index < -0.39 is 23.8 Å². The molecular formula is C17H21BrN2O4. The molecule has 1 heterocycles. The predicted molar refractivity (Wildman–Crippen MR) is 93.6 cm³/mol. The molecule has 130 valence electrons. The summed E-state index contributed by atoms with van der Waals surface area (Å²) in [6.45, 7) is 4.07. The van der Waals surface area contributed by atoms with Crippen LogP contribution in [0.2, 0.25) is 0 Å². The maximum atomic E-state index is 12.6. The Morgan fingerprint density at radius 2 is 2.17 bits per heavy atom. The topological polar surface area (TPSA) is 86.7 Å². The third kappa shape index (κ3) is 3.95. The molecule has 0 saturated carbocycles. The smallest absolute Gasteiger partial charge is 0.326 e. The zero-order chi connectivity index (χ0) is 17.9. The minimum Gasteiger partial charge on any atom is -0.480 e. The van der Waals surface area contributed by atoms with E-state index in [9.17, 15) is 19.5 Å². The summed E-state index contributed by atoms with van der Waals surface area (Å²) in [4.78, 5) is 37.9.